The van der Waals surface area contributed by atoms with Gasteiger partial charge in [0.15, 0.2) is 11.6 Å². The van der Waals surface area contributed by atoms with Crippen molar-refractivity contribution in [3.05, 3.63) is 53.1 Å². The third-order valence-electron chi connectivity index (χ3n) is 5.38. The molecule has 1 fully saturated rings. The van der Waals surface area contributed by atoms with E-state index in [-0.39, 0.29) is 22.9 Å². The average Bonchev–Trinajstić information content (AvgIpc) is 3.49. The quantitative estimate of drug-likeness (QED) is 0.374. The molecule has 2 aromatic heterocycles. The number of aromatic amines is 1. The highest BCUT2D eigenvalue weighted by atomic mass is 32.2. The third-order valence-corrected chi connectivity index (χ3v) is 6.35. The summed E-state index contributed by atoms with van der Waals surface area (Å²) in [7, 11) is 0. The minimum atomic E-state index is -2.87. The number of alkyl halides is 2. The van der Waals surface area contributed by atoms with E-state index in [1.54, 1.807) is 12.1 Å². The fourth-order valence-electron chi connectivity index (χ4n) is 3.86. The second kappa shape index (κ2) is 9.41. The number of carbonyl (C=O) groups excluding carboxylic acids is 1. The highest BCUT2D eigenvalue weighted by Crippen LogP contribution is 2.30. The maximum absolute atomic E-state index is 13.2. The smallest absolute Gasteiger partial charge is 0.387 e. The second-order valence-corrected chi connectivity index (χ2v) is 8.93. The molecule has 170 valence electrons. The summed E-state index contributed by atoms with van der Waals surface area (Å²) in [6.45, 7) is 3.44. The van der Waals surface area contributed by atoms with Gasteiger partial charge in [-0.05, 0) is 63.9 Å². The monoisotopic (exact) mass is 462 g/mol. The lowest BCUT2D eigenvalue weighted by Crippen LogP contribution is -2.15. The van der Waals surface area contributed by atoms with Crippen LogP contribution in [0.1, 0.15) is 53.4 Å². The molecule has 3 aromatic rings. The van der Waals surface area contributed by atoms with Gasteiger partial charge in [0.25, 0.3) is 0 Å². The second-order valence-electron chi connectivity index (χ2n) is 7.62. The summed E-state index contributed by atoms with van der Waals surface area (Å²) in [4.78, 5) is 17.7. The van der Waals surface area contributed by atoms with E-state index in [0.717, 1.165) is 36.5 Å². The van der Waals surface area contributed by atoms with Crippen LogP contribution in [0.15, 0.2) is 35.5 Å². The van der Waals surface area contributed by atoms with Crippen molar-refractivity contribution in [2.24, 2.45) is 0 Å². The van der Waals surface area contributed by atoms with Crippen LogP contribution < -0.4 is 4.74 Å². The number of benzene rings is 1. The molecule has 0 bridgehead atoms. The van der Waals surface area contributed by atoms with E-state index in [2.05, 4.69) is 19.9 Å². The third kappa shape index (κ3) is 4.71. The van der Waals surface area contributed by atoms with E-state index in [9.17, 15) is 13.6 Å². The Morgan fingerprint density at radius 3 is 2.72 bits per heavy atom. The molecule has 7 nitrogen and oxygen atoms in total. The van der Waals surface area contributed by atoms with E-state index in [1.165, 1.54) is 23.9 Å². The van der Waals surface area contributed by atoms with E-state index in [1.807, 2.05) is 31.4 Å². The van der Waals surface area contributed by atoms with Crippen LogP contribution in [-0.4, -0.2) is 44.0 Å². The highest BCUT2D eigenvalue weighted by molar-refractivity contribution is 8.00. The standard InChI is InChI=1S/C22H24F2N4O3S/c1-12-11-17(13(2)28(12)15-6-8-16(9-7-15)31-21(23)24)19(29)14(3)32-22-25-20(26-27-22)18-5-4-10-30-18/h6-9,11,14,18,21H,4-5,10H2,1-3H3,(H,25,26,27)/t14-,18-/m0/s1. The summed E-state index contributed by atoms with van der Waals surface area (Å²) in [6.07, 6.45) is 1.86. The first-order valence-corrected chi connectivity index (χ1v) is 11.2. The number of nitrogens with one attached hydrogen (secondary N) is 1. The van der Waals surface area contributed by atoms with Gasteiger partial charge in [-0.25, -0.2) is 4.98 Å². The molecular formula is C22H24F2N4O3S. The van der Waals surface area contributed by atoms with Crippen LogP contribution in [0.4, 0.5) is 8.78 Å². The van der Waals surface area contributed by atoms with E-state index in [4.69, 9.17) is 4.74 Å². The number of halogens is 2. The molecule has 0 spiro atoms. The van der Waals surface area contributed by atoms with Crippen molar-refractivity contribution in [1.29, 1.82) is 0 Å². The minimum absolute atomic E-state index is 0.0320. The number of hydrogen-bond acceptors (Lipinski definition) is 6. The molecule has 1 aliphatic rings. The SMILES string of the molecule is Cc1cc(C(=O)[C@H](C)Sc2n[nH]c([C@@H]3CCCO3)n2)c(C)n1-c1ccc(OC(F)F)cc1. The summed E-state index contributed by atoms with van der Waals surface area (Å²) in [5, 5.41) is 7.26. The van der Waals surface area contributed by atoms with Crippen LogP contribution in [0.25, 0.3) is 5.69 Å². The van der Waals surface area contributed by atoms with Gasteiger partial charge in [0, 0.05) is 29.2 Å². The number of H-pyrrole nitrogens is 1. The molecule has 0 amide bonds. The predicted octanol–water partition coefficient (Wildman–Crippen LogP) is 5.03. The highest BCUT2D eigenvalue weighted by Gasteiger charge is 2.26. The van der Waals surface area contributed by atoms with E-state index in [0.29, 0.717) is 16.5 Å². The van der Waals surface area contributed by atoms with Crippen LogP contribution in [0.5, 0.6) is 5.75 Å². The molecule has 0 aliphatic carbocycles. The first-order valence-electron chi connectivity index (χ1n) is 10.3. The normalized spacial score (nSPS) is 17.1. The molecule has 2 atom stereocenters. The number of hydrogen-bond donors (Lipinski definition) is 1. The zero-order valence-corrected chi connectivity index (χ0v) is 18.8. The lowest BCUT2D eigenvalue weighted by Gasteiger charge is -2.12. The maximum Gasteiger partial charge on any atom is 0.387 e. The first kappa shape index (κ1) is 22.5. The number of ether oxygens (including phenoxy) is 2. The van der Waals surface area contributed by atoms with Crippen LogP contribution in [0.2, 0.25) is 0 Å². The summed E-state index contributed by atoms with van der Waals surface area (Å²) >= 11 is 1.30. The number of nitrogens with zero attached hydrogens (tertiary/aromatic N) is 3. The van der Waals surface area contributed by atoms with Gasteiger partial charge in [0.05, 0.1) is 5.25 Å². The van der Waals surface area contributed by atoms with E-state index < -0.39 is 6.61 Å². The fraction of sp³-hybridized carbons (Fsp3) is 0.409. The number of aryl methyl sites for hydroxylation is 1. The number of Topliss-reactive ketones (excluding diaryl/α,β-unsaturated/α-hetero) is 1. The van der Waals surface area contributed by atoms with Crippen molar-refractivity contribution in [2.45, 2.75) is 56.7 Å². The van der Waals surface area contributed by atoms with Crippen LogP contribution in [0, 0.1) is 13.8 Å². The Morgan fingerprint density at radius 2 is 2.06 bits per heavy atom. The Bertz CT molecular complexity index is 1090. The van der Waals surface area contributed by atoms with Gasteiger partial charge in [-0.3, -0.25) is 9.89 Å². The molecule has 4 rings (SSSR count). The Morgan fingerprint density at radius 1 is 1.31 bits per heavy atom. The van der Waals surface area contributed by atoms with Gasteiger partial charge >= 0.3 is 6.61 Å². The molecule has 3 heterocycles. The average molecular weight is 463 g/mol. The Balaban J connectivity index is 1.49. The van der Waals surface area contributed by atoms with Crippen LogP contribution >= 0.6 is 11.8 Å². The summed E-state index contributed by atoms with van der Waals surface area (Å²) in [5.41, 5.74) is 3.00. The fourth-order valence-corrected chi connectivity index (χ4v) is 4.66. The number of ketones is 1. The lowest BCUT2D eigenvalue weighted by atomic mass is 10.1. The Kier molecular flexibility index (Phi) is 6.61. The number of aromatic nitrogens is 4. The van der Waals surface area contributed by atoms with Gasteiger partial charge in [0.2, 0.25) is 5.16 Å². The van der Waals surface area contributed by atoms with Crippen molar-refractivity contribution >= 4 is 17.5 Å². The number of thioether (sulfide) groups is 1. The number of rotatable bonds is 8. The summed E-state index contributed by atoms with van der Waals surface area (Å²) in [6, 6.07) is 8.17. The van der Waals surface area contributed by atoms with Crippen molar-refractivity contribution in [3.63, 3.8) is 0 Å². The van der Waals surface area contributed by atoms with Crippen LogP contribution in [-0.2, 0) is 4.74 Å². The van der Waals surface area contributed by atoms with E-state index >= 15 is 0 Å². The maximum atomic E-state index is 13.2. The molecule has 1 saturated heterocycles. The Labute approximate surface area is 188 Å². The van der Waals surface area contributed by atoms with Crippen molar-refractivity contribution in [2.75, 3.05) is 6.61 Å². The van der Waals surface area contributed by atoms with Crippen molar-refractivity contribution in [1.82, 2.24) is 19.7 Å². The summed E-state index contributed by atoms with van der Waals surface area (Å²) < 4.78 is 36.7. The molecular weight excluding hydrogens is 438 g/mol. The zero-order valence-electron chi connectivity index (χ0n) is 18.0. The topological polar surface area (TPSA) is 82.0 Å². The predicted molar refractivity (Wildman–Crippen MR) is 116 cm³/mol. The molecule has 1 aliphatic heterocycles. The molecule has 0 radical (unpaired) electrons. The molecule has 1 aromatic carbocycles. The molecule has 10 heteroatoms. The summed E-state index contributed by atoms with van der Waals surface area (Å²) in [5.74, 6) is 0.749. The van der Waals surface area contributed by atoms with Crippen molar-refractivity contribution in [3.8, 4) is 11.4 Å². The largest absolute Gasteiger partial charge is 0.435 e. The van der Waals surface area contributed by atoms with Crippen LogP contribution in [0.3, 0.4) is 0 Å². The number of carbonyl (C=O) groups is 1. The van der Waals surface area contributed by atoms with Gasteiger partial charge in [-0.15, -0.1) is 5.10 Å². The molecule has 0 saturated carbocycles. The molecule has 0 unspecified atom stereocenters. The van der Waals surface area contributed by atoms with Gasteiger partial charge in [0.1, 0.15) is 11.9 Å². The minimum Gasteiger partial charge on any atom is -0.435 e. The molecule has 32 heavy (non-hydrogen) atoms. The Hall–Kier alpha value is -2.72. The zero-order chi connectivity index (χ0) is 22.8. The van der Waals surface area contributed by atoms with Gasteiger partial charge < -0.3 is 14.0 Å². The van der Waals surface area contributed by atoms with Gasteiger partial charge in [-0.2, -0.15) is 8.78 Å². The lowest BCUT2D eigenvalue weighted by molar-refractivity contribution is -0.0498. The van der Waals surface area contributed by atoms with Gasteiger partial charge in [-0.1, -0.05) is 11.8 Å². The molecule has 1 N–H and O–H groups in total. The van der Waals surface area contributed by atoms with Crippen molar-refractivity contribution < 1.29 is 23.0 Å². The first-order chi connectivity index (χ1) is 15.3.